The molecule has 1 aromatic rings. The predicted octanol–water partition coefficient (Wildman–Crippen LogP) is 2.21. The number of carbonyl (C=O) groups excluding carboxylic acids is 1. The van der Waals surface area contributed by atoms with Gasteiger partial charge in [-0.2, -0.15) is 0 Å². The Morgan fingerprint density at radius 2 is 1.92 bits per heavy atom. The van der Waals surface area contributed by atoms with E-state index in [2.05, 4.69) is 9.62 Å². The Morgan fingerprint density at radius 1 is 1.28 bits per heavy atom. The molecule has 1 heterocycles. The van der Waals surface area contributed by atoms with Gasteiger partial charge in [-0.15, -0.1) is 0 Å². The van der Waals surface area contributed by atoms with E-state index >= 15 is 0 Å². The zero-order valence-electron chi connectivity index (χ0n) is 14.3. The molecule has 1 amide bonds. The first kappa shape index (κ1) is 20.5. The summed E-state index contributed by atoms with van der Waals surface area (Å²) in [5, 5.41) is 0.546. The number of nitrogens with zero attached hydrogens (tertiary/aromatic N) is 2. The molecule has 0 spiro atoms. The number of likely N-dealkylation sites (N-methyl/N-ethyl adjacent to an activating group) is 1. The maximum atomic E-state index is 12.3. The zero-order valence-corrected chi connectivity index (χ0v) is 16.7. The van der Waals surface area contributed by atoms with E-state index in [1.165, 1.54) is 18.2 Å². The van der Waals surface area contributed by atoms with Crippen molar-refractivity contribution in [3.8, 4) is 0 Å². The number of amides is 1. The van der Waals surface area contributed by atoms with Crippen LogP contribution in [0.4, 0.5) is 0 Å². The third kappa shape index (κ3) is 5.56. The van der Waals surface area contributed by atoms with Crippen LogP contribution in [-0.2, 0) is 14.8 Å². The van der Waals surface area contributed by atoms with Gasteiger partial charge in [-0.05, 0) is 44.0 Å². The molecule has 25 heavy (non-hydrogen) atoms. The summed E-state index contributed by atoms with van der Waals surface area (Å²) in [5.41, 5.74) is 0. The molecule has 1 aromatic carbocycles. The van der Waals surface area contributed by atoms with Crippen molar-refractivity contribution in [3.05, 3.63) is 28.2 Å². The van der Waals surface area contributed by atoms with Crippen molar-refractivity contribution >= 4 is 39.1 Å². The number of carbonyl (C=O) groups is 1. The molecule has 6 nitrogen and oxygen atoms in total. The molecular formula is C16H23Cl2N3O3S. The third-order valence-corrected chi connectivity index (χ3v) is 6.03. The number of likely N-dealkylation sites (tertiary alicyclic amines) is 1. The van der Waals surface area contributed by atoms with Gasteiger partial charge in [0.25, 0.3) is 0 Å². The van der Waals surface area contributed by atoms with E-state index in [4.69, 9.17) is 23.2 Å². The van der Waals surface area contributed by atoms with E-state index in [1.54, 1.807) is 19.0 Å². The van der Waals surface area contributed by atoms with Crippen LogP contribution in [0.5, 0.6) is 0 Å². The molecule has 0 bridgehead atoms. The lowest BCUT2D eigenvalue weighted by molar-refractivity contribution is -0.133. The number of halogens is 2. The van der Waals surface area contributed by atoms with Crippen molar-refractivity contribution in [2.24, 2.45) is 0 Å². The number of benzene rings is 1. The van der Waals surface area contributed by atoms with Crippen LogP contribution in [0, 0.1) is 0 Å². The van der Waals surface area contributed by atoms with Crippen LogP contribution in [0.15, 0.2) is 23.1 Å². The monoisotopic (exact) mass is 407 g/mol. The van der Waals surface area contributed by atoms with Crippen molar-refractivity contribution in [1.29, 1.82) is 0 Å². The molecule has 0 saturated carbocycles. The number of sulfonamides is 1. The lowest BCUT2D eigenvalue weighted by atomic mass is 10.2. The Morgan fingerprint density at radius 3 is 2.52 bits per heavy atom. The largest absolute Gasteiger partial charge is 0.347 e. The molecule has 2 rings (SSSR count). The van der Waals surface area contributed by atoms with Crippen LogP contribution in [0.25, 0.3) is 0 Å². The van der Waals surface area contributed by atoms with E-state index in [9.17, 15) is 13.2 Å². The van der Waals surface area contributed by atoms with Crippen molar-refractivity contribution in [2.75, 3.05) is 33.7 Å². The summed E-state index contributed by atoms with van der Waals surface area (Å²) in [4.78, 5) is 15.9. The SMILES string of the molecule is CN(C)C(=O)C1CCCN1CCCNS(=O)(=O)c1cc(Cl)cc(Cl)c1. The molecule has 0 radical (unpaired) electrons. The highest BCUT2D eigenvalue weighted by Crippen LogP contribution is 2.22. The Hall–Kier alpha value is -0.860. The van der Waals surface area contributed by atoms with E-state index < -0.39 is 10.0 Å². The summed E-state index contributed by atoms with van der Waals surface area (Å²) < 4.78 is 27.1. The van der Waals surface area contributed by atoms with Gasteiger partial charge in [-0.3, -0.25) is 9.69 Å². The number of nitrogens with one attached hydrogen (secondary N) is 1. The van der Waals surface area contributed by atoms with Crippen molar-refractivity contribution in [1.82, 2.24) is 14.5 Å². The van der Waals surface area contributed by atoms with Gasteiger partial charge in [0, 0.05) is 37.2 Å². The van der Waals surface area contributed by atoms with Crippen LogP contribution in [0.1, 0.15) is 19.3 Å². The quantitative estimate of drug-likeness (QED) is 0.703. The first-order chi connectivity index (χ1) is 11.7. The standard InChI is InChI=1S/C16H23Cl2N3O3S/c1-20(2)16(22)15-5-3-7-21(15)8-4-6-19-25(23,24)14-10-12(17)9-13(18)11-14/h9-11,15,19H,3-8H2,1-2H3. The van der Waals surface area contributed by atoms with Gasteiger partial charge in [-0.1, -0.05) is 23.2 Å². The van der Waals surface area contributed by atoms with E-state index in [1.807, 2.05) is 0 Å². The van der Waals surface area contributed by atoms with Gasteiger partial charge in [0.2, 0.25) is 15.9 Å². The second kappa shape index (κ2) is 8.68. The number of hydrogen-bond donors (Lipinski definition) is 1. The Bertz CT molecular complexity index is 705. The van der Waals surface area contributed by atoms with Crippen molar-refractivity contribution < 1.29 is 13.2 Å². The summed E-state index contributed by atoms with van der Waals surface area (Å²) in [5.74, 6) is 0.103. The summed E-state index contributed by atoms with van der Waals surface area (Å²) in [6, 6.07) is 4.11. The third-order valence-electron chi connectivity index (χ3n) is 4.15. The average Bonchev–Trinajstić information content (AvgIpc) is 2.98. The minimum absolute atomic E-state index is 0.0480. The molecule has 9 heteroatoms. The van der Waals surface area contributed by atoms with Gasteiger partial charge in [0.1, 0.15) is 0 Å². The van der Waals surface area contributed by atoms with E-state index in [0.29, 0.717) is 13.0 Å². The summed E-state index contributed by atoms with van der Waals surface area (Å²) >= 11 is 11.7. The molecule has 1 aliphatic heterocycles. The fraction of sp³-hybridized carbons (Fsp3) is 0.562. The second-order valence-corrected chi connectivity index (χ2v) is 8.92. The van der Waals surface area contributed by atoms with E-state index in [0.717, 1.165) is 19.4 Å². The average molecular weight is 408 g/mol. The van der Waals surface area contributed by atoms with Crippen LogP contribution < -0.4 is 4.72 Å². The second-order valence-electron chi connectivity index (χ2n) is 6.28. The van der Waals surface area contributed by atoms with Gasteiger partial charge in [0.15, 0.2) is 0 Å². The summed E-state index contributed by atoms with van der Waals surface area (Å²) in [6.07, 6.45) is 2.45. The smallest absolute Gasteiger partial charge is 0.240 e. The van der Waals surface area contributed by atoms with Gasteiger partial charge < -0.3 is 4.90 Å². The molecule has 1 N–H and O–H groups in total. The van der Waals surface area contributed by atoms with Gasteiger partial charge in [-0.25, -0.2) is 13.1 Å². The molecule has 0 aromatic heterocycles. The molecule has 1 atom stereocenters. The molecule has 0 aliphatic carbocycles. The predicted molar refractivity (Wildman–Crippen MR) is 99.6 cm³/mol. The number of hydrogen-bond acceptors (Lipinski definition) is 4. The molecule has 1 aliphatic rings. The molecule has 140 valence electrons. The first-order valence-electron chi connectivity index (χ1n) is 8.11. The summed E-state index contributed by atoms with van der Waals surface area (Å²) in [7, 11) is -0.151. The zero-order chi connectivity index (χ0) is 18.6. The maximum Gasteiger partial charge on any atom is 0.240 e. The maximum absolute atomic E-state index is 12.3. The minimum atomic E-state index is -3.66. The summed E-state index contributed by atoms with van der Waals surface area (Å²) in [6.45, 7) is 1.82. The molecule has 1 saturated heterocycles. The fourth-order valence-electron chi connectivity index (χ4n) is 2.93. The highest BCUT2D eigenvalue weighted by molar-refractivity contribution is 7.89. The Labute approximate surface area is 159 Å². The highest BCUT2D eigenvalue weighted by atomic mass is 35.5. The fourth-order valence-corrected chi connectivity index (χ4v) is 4.73. The topological polar surface area (TPSA) is 69.7 Å². The molecular weight excluding hydrogens is 385 g/mol. The Balaban J connectivity index is 1.87. The first-order valence-corrected chi connectivity index (χ1v) is 10.4. The van der Waals surface area contributed by atoms with Crippen molar-refractivity contribution in [2.45, 2.75) is 30.2 Å². The molecule has 1 fully saturated rings. The normalized spacial score (nSPS) is 18.5. The lowest BCUT2D eigenvalue weighted by Crippen LogP contribution is -2.43. The van der Waals surface area contributed by atoms with Gasteiger partial charge in [0.05, 0.1) is 10.9 Å². The van der Waals surface area contributed by atoms with Crippen LogP contribution in [-0.4, -0.2) is 63.9 Å². The van der Waals surface area contributed by atoms with Crippen LogP contribution in [0.3, 0.4) is 0 Å². The highest BCUT2D eigenvalue weighted by Gasteiger charge is 2.31. The number of rotatable bonds is 7. The van der Waals surface area contributed by atoms with Crippen LogP contribution >= 0.6 is 23.2 Å². The van der Waals surface area contributed by atoms with Crippen molar-refractivity contribution in [3.63, 3.8) is 0 Å². The van der Waals surface area contributed by atoms with Gasteiger partial charge >= 0.3 is 0 Å². The minimum Gasteiger partial charge on any atom is -0.347 e. The Kier molecular flexibility index (Phi) is 7.10. The molecule has 1 unspecified atom stereocenters. The van der Waals surface area contributed by atoms with E-state index in [-0.39, 0.29) is 33.4 Å². The lowest BCUT2D eigenvalue weighted by Gasteiger charge is -2.26. The van der Waals surface area contributed by atoms with Crippen LogP contribution in [0.2, 0.25) is 10.0 Å².